The Bertz CT molecular complexity index is 456. The van der Waals surface area contributed by atoms with Crippen molar-refractivity contribution in [2.24, 2.45) is 0 Å². The third-order valence-electron chi connectivity index (χ3n) is 2.99. The topological polar surface area (TPSA) is 26.3 Å². The molecule has 0 spiro atoms. The number of esters is 1. The number of carbonyl (C=O) groups excluding carboxylic acids is 1. The Morgan fingerprint density at radius 3 is 2.65 bits per heavy atom. The van der Waals surface area contributed by atoms with Gasteiger partial charge in [-0.1, -0.05) is 30.9 Å². The fraction of sp³-hybridized carbons (Fsp3) is 0.267. The van der Waals surface area contributed by atoms with E-state index in [4.69, 9.17) is 4.74 Å². The van der Waals surface area contributed by atoms with Gasteiger partial charge in [0.2, 0.25) is 0 Å². The molecule has 0 bridgehead atoms. The highest BCUT2D eigenvalue weighted by Gasteiger charge is 2.28. The van der Waals surface area contributed by atoms with Crippen molar-refractivity contribution in [1.82, 2.24) is 0 Å². The number of rotatable bonds is 3. The second-order valence-electron chi connectivity index (χ2n) is 4.47. The minimum atomic E-state index is -0.436. The van der Waals surface area contributed by atoms with Crippen LogP contribution in [0.1, 0.15) is 35.7 Å². The van der Waals surface area contributed by atoms with Crippen LogP contribution in [0.5, 0.6) is 0 Å². The van der Waals surface area contributed by atoms with E-state index < -0.39 is 5.60 Å². The Morgan fingerprint density at radius 2 is 2.12 bits per heavy atom. The highest BCUT2D eigenvalue weighted by molar-refractivity contribution is 5.90. The number of hydrogen-bond donors (Lipinski definition) is 0. The van der Waals surface area contributed by atoms with Crippen LogP contribution in [0.25, 0.3) is 6.08 Å². The molecule has 1 aromatic rings. The lowest BCUT2D eigenvalue weighted by atomic mass is 10.1. The number of carbonyl (C=O) groups is 1. The fourth-order valence-electron chi connectivity index (χ4n) is 1.90. The number of allylic oxidation sites excluding steroid dienone is 1. The van der Waals surface area contributed by atoms with Gasteiger partial charge in [-0.15, -0.1) is 0 Å². The second-order valence-corrected chi connectivity index (χ2v) is 4.47. The molecule has 0 N–H and O–H groups in total. The lowest BCUT2D eigenvalue weighted by molar-refractivity contribution is 0.0110. The first kappa shape index (κ1) is 11.6. The van der Waals surface area contributed by atoms with Gasteiger partial charge in [-0.2, -0.15) is 0 Å². The molecule has 1 unspecified atom stereocenters. The maximum absolute atomic E-state index is 11.9. The highest BCUT2D eigenvalue weighted by atomic mass is 16.6. The smallest absolute Gasteiger partial charge is 0.338 e. The van der Waals surface area contributed by atoms with Gasteiger partial charge in [0.1, 0.15) is 5.60 Å². The van der Waals surface area contributed by atoms with E-state index >= 15 is 0 Å². The molecular formula is C15H16O2. The molecule has 0 aliphatic heterocycles. The Labute approximate surface area is 102 Å². The van der Waals surface area contributed by atoms with Crippen LogP contribution in [0.15, 0.2) is 43.0 Å². The summed E-state index contributed by atoms with van der Waals surface area (Å²) in [6.45, 7) is 5.61. The third kappa shape index (κ3) is 2.64. The standard InChI is InChI=1S/C15H16O2/c1-3-12-6-8-13(9-7-12)14(16)17-15(2)10-4-5-11-15/h3-4,6-10H,1,5,11H2,2H3. The summed E-state index contributed by atoms with van der Waals surface area (Å²) < 4.78 is 5.51. The molecule has 2 nitrogen and oxygen atoms in total. The summed E-state index contributed by atoms with van der Waals surface area (Å²) in [7, 11) is 0. The Balaban J connectivity index is 2.09. The van der Waals surface area contributed by atoms with E-state index in [-0.39, 0.29) is 5.97 Å². The molecule has 0 fully saturated rings. The van der Waals surface area contributed by atoms with E-state index in [1.165, 1.54) is 0 Å². The molecule has 88 valence electrons. The summed E-state index contributed by atoms with van der Waals surface area (Å²) in [4.78, 5) is 11.9. The van der Waals surface area contributed by atoms with Gasteiger partial charge >= 0.3 is 5.97 Å². The molecule has 1 aliphatic carbocycles. The Hall–Kier alpha value is -1.83. The summed E-state index contributed by atoms with van der Waals surface area (Å²) in [5.74, 6) is -0.269. The van der Waals surface area contributed by atoms with Crippen LogP contribution in [0.3, 0.4) is 0 Å². The van der Waals surface area contributed by atoms with Crippen molar-refractivity contribution in [1.29, 1.82) is 0 Å². The molecule has 1 atom stereocenters. The van der Waals surface area contributed by atoms with Gasteiger partial charge < -0.3 is 4.74 Å². The van der Waals surface area contributed by atoms with Crippen molar-refractivity contribution < 1.29 is 9.53 Å². The van der Waals surface area contributed by atoms with Gasteiger partial charge in [-0.05, 0) is 43.5 Å². The molecular weight excluding hydrogens is 212 g/mol. The number of hydrogen-bond acceptors (Lipinski definition) is 2. The van der Waals surface area contributed by atoms with Crippen molar-refractivity contribution in [3.63, 3.8) is 0 Å². The maximum Gasteiger partial charge on any atom is 0.338 e. The van der Waals surface area contributed by atoms with Gasteiger partial charge in [0, 0.05) is 0 Å². The van der Waals surface area contributed by atoms with E-state index in [0.29, 0.717) is 5.56 Å². The molecule has 1 aliphatic rings. The van der Waals surface area contributed by atoms with Gasteiger partial charge in [-0.25, -0.2) is 4.79 Å². The number of ether oxygens (including phenoxy) is 1. The van der Waals surface area contributed by atoms with Gasteiger partial charge in [-0.3, -0.25) is 0 Å². The van der Waals surface area contributed by atoms with E-state index in [1.54, 1.807) is 18.2 Å². The van der Waals surface area contributed by atoms with Crippen LogP contribution in [0, 0.1) is 0 Å². The molecule has 0 heterocycles. The average Bonchev–Trinajstić information content (AvgIpc) is 2.76. The lowest BCUT2D eigenvalue weighted by Gasteiger charge is -2.22. The molecule has 17 heavy (non-hydrogen) atoms. The fourth-order valence-corrected chi connectivity index (χ4v) is 1.90. The van der Waals surface area contributed by atoms with E-state index in [0.717, 1.165) is 18.4 Å². The van der Waals surface area contributed by atoms with Crippen molar-refractivity contribution in [3.8, 4) is 0 Å². The quantitative estimate of drug-likeness (QED) is 0.583. The predicted molar refractivity (Wildman–Crippen MR) is 68.7 cm³/mol. The first-order chi connectivity index (χ1) is 8.13. The van der Waals surface area contributed by atoms with E-state index in [1.807, 2.05) is 31.2 Å². The van der Waals surface area contributed by atoms with Crippen molar-refractivity contribution >= 4 is 12.0 Å². The predicted octanol–water partition coefficient (Wildman–Crippen LogP) is 3.60. The lowest BCUT2D eigenvalue weighted by Crippen LogP contribution is -2.27. The average molecular weight is 228 g/mol. The third-order valence-corrected chi connectivity index (χ3v) is 2.99. The Kier molecular flexibility index (Phi) is 3.14. The van der Waals surface area contributed by atoms with Crippen LogP contribution < -0.4 is 0 Å². The summed E-state index contributed by atoms with van der Waals surface area (Å²) >= 11 is 0. The van der Waals surface area contributed by atoms with Crippen LogP contribution in [0.4, 0.5) is 0 Å². The van der Waals surface area contributed by atoms with E-state index in [9.17, 15) is 4.79 Å². The zero-order valence-electron chi connectivity index (χ0n) is 9.98. The minimum absolute atomic E-state index is 0.269. The second kappa shape index (κ2) is 4.58. The molecule has 0 saturated heterocycles. The molecule has 0 amide bonds. The summed E-state index contributed by atoms with van der Waals surface area (Å²) in [6.07, 6.45) is 7.59. The minimum Gasteiger partial charge on any atom is -0.452 e. The summed E-state index contributed by atoms with van der Waals surface area (Å²) in [6, 6.07) is 7.25. The maximum atomic E-state index is 11.9. The van der Waals surface area contributed by atoms with Crippen molar-refractivity contribution in [2.75, 3.05) is 0 Å². The molecule has 2 heteroatoms. The van der Waals surface area contributed by atoms with Crippen LogP contribution >= 0.6 is 0 Å². The first-order valence-corrected chi connectivity index (χ1v) is 5.76. The summed E-state index contributed by atoms with van der Waals surface area (Å²) in [5.41, 5.74) is 1.14. The highest BCUT2D eigenvalue weighted by Crippen LogP contribution is 2.27. The monoisotopic (exact) mass is 228 g/mol. The van der Waals surface area contributed by atoms with Crippen LogP contribution in [0.2, 0.25) is 0 Å². The zero-order valence-corrected chi connectivity index (χ0v) is 9.98. The van der Waals surface area contributed by atoms with Crippen LogP contribution in [-0.4, -0.2) is 11.6 Å². The molecule has 2 rings (SSSR count). The van der Waals surface area contributed by atoms with Crippen molar-refractivity contribution in [2.45, 2.75) is 25.4 Å². The van der Waals surface area contributed by atoms with Gasteiger partial charge in [0.05, 0.1) is 5.56 Å². The molecule has 0 saturated carbocycles. The molecule has 0 radical (unpaired) electrons. The normalized spacial score (nSPS) is 22.4. The SMILES string of the molecule is C=Cc1ccc(C(=O)OC2(C)C=CCC2)cc1. The van der Waals surface area contributed by atoms with Crippen molar-refractivity contribution in [3.05, 3.63) is 54.1 Å². The van der Waals surface area contributed by atoms with Gasteiger partial charge in [0.25, 0.3) is 0 Å². The first-order valence-electron chi connectivity index (χ1n) is 5.76. The molecule has 0 aromatic heterocycles. The Morgan fingerprint density at radius 1 is 1.41 bits per heavy atom. The summed E-state index contributed by atoms with van der Waals surface area (Å²) in [5, 5.41) is 0. The zero-order chi connectivity index (χ0) is 12.3. The number of benzene rings is 1. The molecule has 1 aromatic carbocycles. The largest absolute Gasteiger partial charge is 0.452 e. The van der Waals surface area contributed by atoms with Gasteiger partial charge in [0.15, 0.2) is 0 Å². The van der Waals surface area contributed by atoms with Crippen LogP contribution in [-0.2, 0) is 4.74 Å². The van der Waals surface area contributed by atoms with E-state index in [2.05, 4.69) is 6.58 Å².